The van der Waals surface area contributed by atoms with Crippen molar-refractivity contribution in [2.24, 2.45) is 0 Å². The van der Waals surface area contributed by atoms with E-state index < -0.39 is 10.0 Å². The standard InChI is InChI=1S/C15H20N4O2S2/c1-12-3-4-15(9-13(12)2)23(20,21)19-7-5-18(6-8-19)10-14-11-22-17-16-14/h3-4,9,11H,5-8,10H2,1-2H3. The van der Waals surface area contributed by atoms with Gasteiger partial charge in [0.15, 0.2) is 0 Å². The summed E-state index contributed by atoms with van der Waals surface area (Å²) < 4.78 is 31.0. The van der Waals surface area contributed by atoms with E-state index in [1.807, 2.05) is 25.3 Å². The van der Waals surface area contributed by atoms with Crippen LogP contribution in [0.25, 0.3) is 0 Å². The molecule has 0 aliphatic carbocycles. The molecule has 0 bridgehead atoms. The summed E-state index contributed by atoms with van der Waals surface area (Å²) in [6, 6.07) is 5.33. The lowest BCUT2D eigenvalue weighted by atomic mass is 10.1. The average molecular weight is 352 g/mol. The van der Waals surface area contributed by atoms with E-state index in [4.69, 9.17) is 0 Å². The molecular weight excluding hydrogens is 332 g/mol. The van der Waals surface area contributed by atoms with Crippen LogP contribution in [0.1, 0.15) is 16.8 Å². The third-order valence-corrected chi connectivity index (χ3v) is 6.69. The van der Waals surface area contributed by atoms with Crippen LogP contribution in [0, 0.1) is 13.8 Å². The number of hydrogen-bond acceptors (Lipinski definition) is 6. The molecule has 1 aromatic carbocycles. The van der Waals surface area contributed by atoms with E-state index >= 15 is 0 Å². The molecule has 0 atom stereocenters. The van der Waals surface area contributed by atoms with E-state index in [0.29, 0.717) is 31.1 Å². The SMILES string of the molecule is Cc1ccc(S(=O)(=O)N2CCN(Cc3csnn3)CC2)cc1C. The predicted molar refractivity (Wildman–Crippen MR) is 89.9 cm³/mol. The molecule has 0 spiro atoms. The van der Waals surface area contributed by atoms with Crippen LogP contribution in [0.5, 0.6) is 0 Å². The van der Waals surface area contributed by atoms with E-state index in [2.05, 4.69) is 14.5 Å². The van der Waals surface area contributed by atoms with Gasteiger partial charge in [-0.25, -0.2) is 8.42 Å². The van der Waals surface area contributed by atoms with E-state index in [1.165, 1.54) is 11.5 Å². The molecule has 0 N–H and O–H groups in total. The molecule has 1 saturated heterocycles. The molecular formula is C15H20N4O2S2. The number of piperazine rings is 1. The Labute approximate surface area is 141 Å². The fourth-order valence-corrected chi connectivity index (χ4v) is 4.58. The van der Waals surface area contributed by atoms with Crippen LogP contribution in [0.3, 0.4) is 0 Å². The summed E-state index contributed by atoms with van der Waals surface area (Å²) in [7, 11) is -3.41. The van der Waals surface area contributed by atoms with E-state index in [0.717, 1.165) is 23.4 Å². The van der Waals surface area contributed by atoms with Crippen LogP contribution in [-0.2, 0) is 16.6 Å². The Morgan fingerprint density at radius 1 is 1.13 bits per heavy atom. The Bertz CT molecular complexity index is 767. The van der Waals surface area contributed by atoms with Crippen LogP contribution in [-0.4, -0.2) is 53.4 Å². The largest absolute Gasteiger partial charge is 0.295 e. The van der Waals surface area contributed by atoms with E-state index in [-0.39, 0.29) is 0 Å². The lowest BCUT2D eigenvalue weighted by molar-refractivity contribution is 0.180. The summed E-state index contributed by atoms with van der Waals surface area (Å²) in [5.74, 6) is 0. The second kappa shape index (κ2) is 6.64. The molecule has 0 amide bonds. The number of nitrogens with zero attached hydrogens (tertiary/aromatic N) is 4. The highest BCUT2D eigenvalue weighted by molar-refractivity contribution is 7.89. The maximum absolute atomic E-state index is 12.8. The molecule has 3 rings (SSSR count). The zero-order valence-electron chi connectivity index (χ0n) is 13.3. The molecule has 0 saturated carbocycles. The Hall–Kier alpha value is -1.35. The second-order valence-electron chi connectivity index (χ2n) is 5.82. The quantitative estimate of drug-likeness (QED) is 0.837. The molecule has 1 aliphatic heterocycles. The van der Waals surface area contributed by atoms with Crippen molar-refractivity contribution in [1.82, 2.24) is 18.8 Å². The summed E-state index contributed by atoms with van der Waals surface area (Å²) in [5, 5.41) is 5.97. The van der Waals surface area contributed by atoms with Gasteiger partial charge in [-0.2, -0.15) is 4.31 Å². The van der Waals surface area contributed by atoms with E-state index in [9.17, 15) is 8.42 Å². The molecule has 0 radical (unpaired) electrons. The lowest BCUT2D eigenvalue weighted by Gasteiger charge is -2.33. The normalized spacial score (nSPS) is 17.5. The lowest BCUT2D eigenvalue weighted by Crippen LogP contribution is -2.48. The van der Waals surface area contributed by atoms with Crippen molar-refractivity contribution in [2.45, 2.75) is 25.3 Å². The fraction of sp³-hybridized carbons (Fsp3) is 0.467. The first-order valence-electron chi connectivity index (χ1n) is 7.52. The number of hydrogen-bond donors (Lipinski definition) is 0. The van der Waals surface area contributed by atoms with Crippen molar-refractivity contribution < 1.29 is 8.42 Å². The summed E-state index contributed by atoms with van der Waals surface area (Å²) >= 11 is 1.34. The minimum atomic E-state index is -3.41. The van der Waals surface area contributed by atoms with Crippen molar-refractivity contribution in [1.29, 1.82) is 0 Å². The van der Waals surface area contributed by atoms with E-state index in [1.54, 1.807) is 16.4 Å². The maximum Gasteiger partial charge on any atom is 0.243 e. The summed E-state index contributed by atoms with van der Waals surface area (Å²) in [6.07, 6.45) is 0. The average Bonchev–Trinajstić information content (AvgIpc) is 3.03. The Morgan fingerprint density at radius 2 is 1.87 bits per heavy atom. The van der Waals surface area contributed by atoms with Gasteiger partial charge in [-0.15, -0.1) is 5.10 Å². The monoisotopic (exact) mass is 352 g/mol. The zero-order valence-corrected chi connectivity index (χ0v) is 14.9. The predicted octanol–water partition coefficient (Wildman–Crippen LogP) is 1.66. The van der Waals surface area contributed by atoms with Crippen LogP contribution < -0.4 is 0 Å². The highest BCUT2D eigenvalue weighted by atomic mass is 32.2. The smallest absolute Gasteiger partial charge is 0.243 e. The number of benzene rings is 1. The summed E-state index contributed by atoms with van der Waals surface area (Å²) in [6.45, 7) is 7.09. The van der Waals surface area contributed by atoms with Gasteiger partial charge in [0.2, 0.25) is 10.0 Å². The van der Waals surface area contributed by atoms with Crippen LogP contribution in [0.2, 0.25) is 0 Å². The minimum absolute atomic E-state index is 0.387. The Balaban J connectivity index is 1.67. The second-order valence-corrected chi connectivity index (χ2v) is 8.37. The highest BCUT2D eigenvalue weighted by Crippen LogP contribution is 2.20. The summed E-state index contributed by atoms with van der Waals surface area (Å²) in [5.41, 5.74) is 3.05. The Kier molecular flexibility index (Phi) is 4.77. The van der Waals surface area contributed by atoms with Gasteiger partial charge in [0.25, 0.3) is 0 Å². The third-order valence-electron chi connectivity index (χ3n) is 4.24. The minimum Gasteiger partial charge on any atom is -0.295 e. The molecule has 2 heterocycles. The first kappa shape index (κ1) is 16.5. The van der Waals surface area contributed by atoms with Crippen molar-refractivity contribution in [3.05, 3.63) is 40.4 Å². The molecule has 0 unspecified atom stereocenters. The first-order chi connectivity index (χ1) is 11.0. The van der Waals surface area contributed by atoms with Gasteiger partial charge in [-0.05, 0) is 48.6 Å². The molecule has 8 heteroatoms. The third kappa shape index (κ3) is 3.60. The van der Waals surface area contributed by atoms with Gasteiger partial charge in [0.1, 0.15) is 0 Å². The maximum atomic E-state index is 12.8. The molecule has 23 heavy (non-hydrogen) atoms. The van der Waals surface area contributed by atoms with Crippen molar-refractivity contribution >= 4 is 21.6 Å². The van der Waals surface area contributed by atoms with Crippen molar-refractivity contribution in [3.63, 3.8) is 0 Å². The van der Waals surface area contributed by atoms with Gasteiger partial charge in [0, 0.05) is 38.1 Å². The van der Waals surface area contributed by atoms with Gasteiger partial charge in [-0.1, -0.05) is 10.6 Å². The molecule has 1 aliphatic rings. The summed E-state index contributed by atoms with van der Waals surface area (Å²) in [4.78, 5) is 2.60. The van der Waals surface area contributed by atoms with Crippen LogP contribution >= 0.6 is 11.5 Å². The fourth-order valence-electron chi connectivity index (χ4n) is 2.63. The topological polar surface area (TPSA) is 66.4 Å². The van der Waals surface area contributed by atoms with Gasteiger partial charge in [0.05, 0.1) is 10.6 Å². The highest BCUT2D eigenvalue weighted by Gasteiger charge is 2.28. The van der Waals surface area contributed by atoms with Gasteiger partial charge < -0.3 is 0 Å². The van der Waals surface area contributed by atoms with Crippen LogP contribution in [0.15, 0.2) is 28.5 Å². The van der Waals surface area contributed by atoms with Crippen molar-refractivity contribution in [2.75, 3.05) is 26.2 Å². The number of sulfonamides is 1. The van der Waals surface area contributed by atoms with Crippen LogP contribution in [0.4, 0.5) is 0 Å². The number of aryl methyl sites for hydroxylation is 2. The first-order valence-corrected chi connectivity index (χ1v) is 9.80. The van der Waals surface area contributed by atoms with Gasteiger partial charge >= 0.3 is 0 Å². The Morgan fingerprint density at radius 3 is 2.48 bits per heavy atom. The van der Waals surface area contributed by atoms with Gasteiger partial charge in [-0.3, -0.25) is 4.90 Å². The molecule has 2 aromatic rings. The molecule has 6 nitrogen and oxygen atoms in total. The number of aromatic nitrogens is 2. The number of rotatable bonds is 4. The molecule has 1 fully saturated rings. The zero-order chi connectivity index (χ0) is 16.4. The van der Waals surface area contributed by atoms with Crippen molar-refractivity contribution in [3.8, 4) is 0 Å². The molecule has 1 aromatic heterocycles. The molecule has 124 valence electrons.